The van der Waals surface area contributed by atoms with Crippen molar-refractivity contribution in [2.75, 3.05) is 20.1 Å². The summed E-state index contributed by atoms with van der Waals surface area (Å²) in [7, 11) is 2.19. The van der Waals surface area contributed by atoms with Gasteiger partial charge < -0.3 is 10.2 Å². The van der Waals surface area contributed by atoms with E-state index in [0.717, 1.165) is 0 Å². The molecule has 0 aromatic heterocycles. The lowest BCUT2D eigenvalue weighted by molar-refractivity contribution is 0.255. The summed E-state index contributed by atoms with van der Waals surface area (Å²) in [5.41, 5.74) is 2.73. The van der Waals surface area contributed by atoms with E-state index in [0.29, 0.717) is 5.92 Å². The standard InChI is InChI=1S/C15H22N2S/c1-12(16-11-18)13-3-5-14(6-4-13)15-7-9-17(2)10-8-15/h3-6,11-12,15H,7-10H2,1-2H3,(H,16,18)/t12-/m0/s1/i11T. The molecule has 0 bridgehead atoms. The van der Waals surface area contributed by atoms with Crippen molar-refractivity contribution in [3.8, 4) is 0 Å². The maximum absolute atomic E-state index is 7.29. The van der Waals surface area contributed by atoms with E-state index < -0.39 is 0 Å². The molecule has 1 fully saturated rings. The Morgan fingerprint density at radius 3 is 2.56 bits per heavy atom. The normalized spacial score (nSPS) is 20.2. The molecule has 18 heavy (non-hydrogen) atoms. The Morgan fingerprint density at radius 1 is 1.39 bits per heavy atom. The van der Waals surface area contributed by atoms with Gasteiger partial charge in [-0.1, -0.05) is 36.5 Å². The molecule has 1 atom stereocenters. The molecule has 1 aliphatic heterocycles. The molecule has 0 spiro atoms. The van der Waals surface area contributed by atoms with Gasteiger partial charge in [-0.05, 0) is 56.9 Å². The molecule has 98 valence electrons. The minimum absolute atomic E-state index is 0.104. The van der Waals surface area contributed by atoms with Crippen molar-refractivity contribution in [2.24, 2.45) is 0 Å². The Kier molecular flexibility index (Phi) is 4.24. The molecule has 0 unspecified atom stereocenters. The smallest absolute Gasteiger partial charge is 0.0942 e. The fraction of sp³-hybridized carbons (Fsp3) is 0.533. The maximum Gasteiger partial charge on any atom is 0.0942 e. The molecule has 1 aliphatic rings. The van der Waals surface area contributed by atoms with Crippen LogP contribution in [0.1, 0.15) is 44.2 Å². The lowest BCUT2D eigenvalue weighted by atomic mass is 9.89. The van der Waals surface area contributed by atoms with Crippen molar-refractivity contribution >= 4 is 17.7 Å². The highest BCUT2D eigenvalue weighted by Crippen LogP contribution is 2.28. The molecular weight excluding hydrogens is 240 g/mol. The molecular formula is C15H22N2S. The highest BCUT2D eigenvalue weighted by atomic mass is 32.1. The molecule has 1 aromatic rings. The monoisotopic (exact) mass is 264 g/mol. The quantitative estimate of drug-likeness (QED) is 0.845. The lowest BCUT2D eigenvalue weighted by Crippen LogP contribution is -2.29. The van der Waals surface area contributed by atoms with Crippen LogP contribution in [0.4, 0.5) is 0 Å². The van der Waals surface area contributed by atoms with Gasteiger partial charge in [0.15, 0.2) is 0 Å². The van der Waals surface area contributed by atoms with Crippen molar-refractivity contribution in [1.29, 1.82) is 0 Å². The van der Waals surface area contributed by atoms with Gasteiger partial charge in [0.2, 0.25) is 0 Å². The first-order valence-electron chi connectivity index (χ1n) is 7.12. The number of nitrogens with zero attached hydrogens (tertiary/aromatic N) is 1. The summed E-state index contributed by atoms with van der Waals surface area (Å²) in [6, 6.07) is 8.89. The second kappa shape index (κ2) is 6.30. The van der Waals surface area contributed by atoms with E-state index >= 15 is 0 Å². The van der Waals surface area contributed by atoms with Gasteiger partial charge in [0.05, 0.1) is 6.84 Å². The van der Waals surface area contributed by atoms with Crippen LogP contribution in [0, 0.1) is 0 Å². The maximum atomic E-state index is 7.29. The molecule has 1 heterocycles. The van der Waals surface area contributed by atoms with Crippen molar-refractivity contribution < 1.29 is 1.37 Å². The summed E-state index contributed by atoms with van der Waals surface area (Å²) in [6.07, 6.45) is 2.50. The number of hydrogen-bond donors (Lipinski definition) is 1. The van der Waals surface area contributed by atoms with Crippen LogP contribution >= 0.6 is 12.2 Å². The lowest BCUT2D eigenvalue weighted by Gasteiger charge is -2.29. The molecule has 0 saturated carbocycles. The van der Waals surface area contributed by atoms with Gasteiger partial charge in [-0.25, -0.2) is 0 Å². The van der Waals surface area contributed by atoms with E-state index in [-0.39, 0.29) is 11.5 Å². The number of nitrogens with one attached hydrogen (secondary N) is 1. The summed E-state index contributed by atoms with van der Waals surface area (Å²) < 4.78 is 7.29. The van der Waals surface area contributed by atoms with Gasteiger partial charge in [-0.15, -0.1) is 0 Å². The van der Waals surface area contributed by atoms with E-state index in [9.17, 15) is 0 Å². The van der Waals surface area contributed by atoms with Crippen molar-refractivity contribution in [1.82, 2.24) is 10.2 Å². The summed E-state index contributed by atoms with van der Waals surface area (Å²) in [5.74, 6) is 0.700. The van der Waals surface area contributed by atoms with Gasteiger partial charge in [-0.3, -0.25) is 0 Å². The molecule has 1 aromatic carbocycles. The predicted octanol–water partition coefficient (Wildman–Crippen LogP) is 3.10. The molecule has 0 aliphatic carbocycles. The summed E-state index contributed by atoms with van der Waals surface area (Å²) in [6.45, 7) is 4.42. The molecule has 0 radical (unpaired) electrons. The third kappa shape index (κ3) is 3.30. The van der Waals surface area contributed by atoms with Gasteiger partial charge in [0.25, 0.3) is 0 Å². The van der Waals surface area contributed by atoms with Crippen molar-refractivity contribution in [2.45, 2.75) is 31.7 Å². The molecule has 1 N–H and O–H groups in total. The third-order valence-electron chi connectivity index (χ3n) is 3.90. The van der Waals surface area contributed by atoms with Crippen LogP contribution in [-0.4, -0.2) is 30.5 Å². The Labute approximate surface area is 117 Å². The van der Waals surface area contributed by atoms with Gasteiger partial charge in [0, 0.05) is 6.04 Å². The van der Waals surface area contributed by atoms with Crippen LogP contribution in [0.3, 0.4) is 0 Å². The van der Waals surface area contributed by atoms with E-state index in [2.05, 4.69) is 41.5 Å². The first-order chi connectivity index (χ1) is 9.06. The Bertz CT molecular complexity index is 424. The van der Waals surface area contributed by atoms with Crippen LogP contribution in [0.15, 0.2) is 24.3 Å². The summed E-state index contributed by atoms with van der Waals surface area (Å²) in [4.78, 5) is 2.39. The fourth-order valence-corrected chi connectivity index (χ4v) is 2.75. The van der Waals surface area contributed by atoms with Gasteiger partial charge >= 0.3 is 0 Å². The topological polar surface area (TPSA) is 15.3 Å². The zero-order valence-corrected chi connectivity index (χ0v) is 12.0. The number of hydrogen-bond acceptors (Lipinski definition) is 2. The molecule has 2 nitrogen and oxygen atoms in total. The Hall–Kier alpha value is -0.930. The summed E-state index contributed by atoms with van der Waals surface area (Å²) in [5, 5.41) is 2.96. The second-order valence-electron chi connectivity index (χ2n) is 5.21. The van der Waals surface area contributed by atoms with Crippen LogP contribution in [0.25, 0.3) is 0 Å². The van der Waals surface area contributed by atoms with E-state index in [1.807, 2.05) is 6.92 Å². The third-order valence-corrected chi connectivity index (χ3v) is 4.02. The van der Waals surface area contributed by atoms with Crippen molar-refractivity contribution in [3.63, 3.8) is 0 Å². The van der Waals surface area contributed by atoms with Gasteiger partial charge in [0.1, 0.15) is 0 Å². The number of rotatable bonds is 3. The first kappa shape index (κ1) is 12.1. The molecule has 2 rings (SSSR count). The average molecular weight is 264 g/mol. The van der Waals surface area contributed by atoms with Crippen LogP contribution in [-0.2, 0) is 0 Å². The number of thiocarbonyl (C=S) groups is 1. The number of benzene rings is 1. The average Bonchev–Trinajstić information content (AvgIpc) is 2.39. The zero-order chi connectivity index (χ0) is 13.8. The van der Waals surface area contributed by atoms with Crippen molar-refractivity contribution in [3.05, 3.63) is 35.4 Å². The van der Waals surface area contributed by atoms with E-state index in [1.165, 1.54) is 37.1 Å². The van der Waals surface area contributed by atoms with Crippen LogP contribution < -0.4 is 5.32 Å². The minimum Gasteiger partial charge on any atom is -0.376 e. The molecule has 0 amide bonds. The van der Waals surface area contributed by atoms with E-state index in [1.54, 1.807) is 0 Å². The fourth-order valence-electron chi connectivity index (χ4n) is 2.57. The Balaban J connectivity index is 2.00. The minimum atomic E-state index is 0.104. The highest BCUT2D eigenvalue weighted by molar-refractivity contribution is 7.78. The second-order valence-corrected chi connectivity index (χ2v) is 5.42. The Morgan fingerprint density at radius 2 is 2.00 bits per heavy atom. The highest BCUT2D eigenvalue weighted by Gasteiger charge is 2.18. The number of piperidine rings is 1. The molecule has 3 heteroatoms. The predicted molar refractivity (Wildman–Crippen MR) is 81.1 cm³/mol. The van der Waals surface area contributed by atoms with Gasteiger partial charge in [-0.2, -0.15) is 0 Å². The number of likely N-dealkylation sites (tertiary alicyclic amines) is 1. The summed E-state index contributed by atoms with van der Waals surface area (Å²) >= 11 is 4.76. The zero-order valence-electron chi connectivity index (χ0n) is 12.1. The first-order valence-corrected chi connectivity index (χ1v) is 7.02. The largest absolute Gasteiger partial charge is 0.376 e. The van der Waals surface area contributed by atoms with Crippen LogP contribution in [0.2, 0.25) is 0 Å². The SMILES string of the molecule is [3H]C(=S)N[C@@H](C)c1ccc(C2CCN(C)CC2)cc1. The molecule has 1 saturated heterocycles. The van der Waals surface area contributed by atoms with E-state index in [4.69, 9.17) is 13.6 Å². The van der Waals surface area contributed by atoms with Crippen LogP contribution in [0.5, 0.6) is 0 Å².